The molecule has 21 heavy (non-hydrogen) atoms. The molecular formula is C15H18FNO4. The molecule has 1 N–H and O–H groups in total. The third-order valence-electron chi connectivity index (χ3n) is 4.12. The number of carboxylic acids is 1. The predicted molar refractivity (Wildman–Crippen MR) is 72.5 cm³/mol. The van der Waals surface area contributed by atoms with Gasteiger partial charge in [0.05, 0.1) is 18.8 Å². The van der Waals surface area contributed by atoms with Crippen LogP contribution in [0.15, 0.2) is 18.2 Å². The molecule has 2 aliphatic heterocycles. The molecule has 1 aromatic carbocycles. The van der Waals surface area contributed by atoms with Crippen LogP contribution >= 0.6 is 0 Å². The molecule has 0 atom stereocenters. The number of hydrogen-bond donors (Lipinski definition) is 1. The Bertz CT molecular complexity index is 532. The van der Waals surface area contributed by atoms with E-state index in [2.05, 4.69) is 4.90 Å². The van der Waals surface area contributed by atoms with Crippen LogP contribution in [0.4, 0.5) is 4.39 Å². The Labute approximate surface area is 122 Å². The number of likely N-dealkylation sites (tertiary alicyclic amines) is 1. The van der Waals surface area contributed by atoms with E-state index in [1.807, 2.05) is 0 Å². The summed E-state index contributed by atoms with van der Waals surface area (Å²) in [5.74, 6) is -1.85. The molecule has 0 bridgehead atoms. The summed E-state index contributed by atoms with van der Waals surface area (Å²) in [7, 11) is 0. The minimum absolute atomic E-state index is 0.113. The second-order valence-corrected chi connectivity index (χ2v) is 5.50. The second kappa shape index (κ2) is 5.71. The van der Waals surface area contributed by atoms with Gasteiger partial charge in [-0.25, -0.2) is 9.18 Å². The lowest BCUT2D eigenvalue weighted by molar-refractivity contribution is -0.185. The molecule has 1 aromatic rings. The fraction of sp³-hybridized carbons (Fsp3) is 0.533. The smallest absolute Gasteiger partial charge is 0.335 e. The highest BCUT2D eigenvalue weighted by atomic mass is 19.1. The van der Waals surface area contributed by atoms with E-state index in [0.29, 0.717) is 25.3 Å². The van der Waals surface area contributed by atoms with Crippen LogP contribution in [0.1, 0.15) is 28.8 Å². The molecule has 5 nitrogen and oxygen atoms in total. The molecule has 0 radical (unpaired) electrons. The fourth-order valence-electron chi connectivity index (χ4n) is 2.91. The zero-order valence-corrected chi connectivity index (χ0v) is 11.7. The van der Waals surface area contributed by atoms with Crippen LogP contribution in [0.5, 0.6) is 0 Å². The van der Waals surface area contributed by atoms with Crippen molar-refractivity contribution in [3.8, 4) is 0 Å². The van der Waals surface area contributed by atoms with Gasteiger partial charge in [-0.1, -0.05) is 0 Å². The van der Waals surface area contributed by atoms with Crippen molar-refractivity contribution in [2.24, 2.45) is 0 Å². The largest absolute Gasteiger partial charge is 0.478 e. The number of piperidine rings is 1. The normalized spacial score (nSPS) is 21.8. The lowest BCUT2D eigenvalue weighted by Gasteiger charge is -2.37. The molecule has 1 spiro atoms. The molecular weight excluding hydrogens is 277 g/mol. The number of carbonyl (C=O) groups is 1. The predicted octanol–water partition coefficient (Wildman–Crippen LogP) is 1.86. The average molecular weight is 295 g/mol. The van der Waals surface area contributed by atoms with Gasteiger partial charge in [0.1, 0.15) is 5.82 Å². The molecule has 0 saturated carbocycles. The Morgan fingerprint density at radius 3 is 2.57 bits per heavy atom. The molecule has 0 aliphatic carbocycles. The van der Waals surface area contributed by atoms with Crippen molar-refractivity contribution in [3.63, 3.8) is 0 Å². The maximum atomic E-state index is 13.8. The Balaban J connectivity index is 1.65. The van der Waals surface area contributed by atoms with E-state index >= 15 is 0 Å². The van der Waals surface area contributed by atoms with Crippen LogP contribution in [0.3, 0.4) is 0 Å². The van der Waals surface area contributed by atoms with Gasteiger partial charge < -0.3 is 14.6 Å². The van der Waals surface area contributed by atoms with Gasteiger partial charge in [0, 0.05) is 38.0 Å². The Hall–Kier alpha value is -1.50. The highest BCUT2D eigenvalue weighted by molar-refractivity contribution is 5.87. The van der Waals surface area contributed by atoms with Crippen molar-refractivity contribution in [1.29, 1.82) is 0 Å². The van der Waals surface area contributed by atoms with Crippen molar-refractivity contribution in [2.75, 3.05) is 26.3 Å². The SMILES string of the molecule is O=C(O)c1ccc(F)c(CN2CCC3(CC2)OCCO3)c1. The van der Waals surface area contributed by atoms with Crippen molar-refractivity contribution in [2.45, 2.75) is 25.2 Å². The van der Waals surface area contributed by atoms with Crippen molar-refractivity contribution in [3.05, 3.63) is 35.1 Å². The summed E-state index contributed by atoms with van der Waals surface area (Å²) in [6.45, 7) is 3.17. The van der Waals surface area contributed by atoms with Crippen LogP contribution < -0.4 is 0 Å². The van der Waals surface area contributed by atoms with Gasteiger partial charge in [0.25, 0.3) is 0 Å². The molecule has 0 aromatic heterocycles. The van der Waals surface area contributed by atoms with Gasteiger partial charge in [-0.3, -0.25) is 4.90 Å². The van der Waals surface area contributed by atoms with Crippen molar-refractivity contribution in [1.82, 2.24) is 4.90 Å². The van der Waals surface area contributed by atoms with Crippen LogP contribution in [-0.2, 0) is 16.0 Å². The minimum atomic E-state index is -1.04. The first-order valence-corrected chi connectivity index (χ1v) is 7.10. The zero-order chi connectivity index (χ0) is 14.9. The van der Waals surface area contributed by atoms with E-state index in [4.69, 9.17) is 14.6 Å². The summed E-state index contributed by atoms with van der Waals surface area (Å²) >= 11 is 0. The number of ether oxygens (including phenoxy) is 2. The van der Waals surface area contributed by atoms with Gasteiger partial charge in [-0.15, -0.1) is 0 Å². The number of nitrogens with zero attached hydrogens (tertiary/aromatic N) is 1. The average Bonchev–Trinajstić information content (AvgIpc) is 2.92. The maximum Gasteiger partial charge on any atom is 0.335 e. The molecule has 2 fully saturated rings. The van der Waals surface area contributed by atoms with Gasteiger partial charge in [0.15, 0.2) is 5.79 Å². The highest BCUT2D eigenvalue weighted by Crippen LogP contribution is 2.31. The standard InChI is InChI=1S/C15H18FNO4/c16-13-2-1-11(14(18)19)9-12(13)10-17-5-3-15(4-6-17)20-7-8-21-15/h1-2,9H,3-8,10H2,(H,18,19). The fourth-order valence-corrected chi connectivity index (χ4v) is 2.91. The molecule has 0 unspecified atom stereocenters. The zero-order valence-electron chi connectivity index (χ0n) is 11.7. The van der Waals surface area contributed by atoms with E-state index in [9.17, 15) is 9.18 Å². The number of carboxylic acid groups (broad SMARTS) is 1. The van der Waals surface area contributed by atoms with Gasteiger partial charge in [0.2, 0.25) is 0 Å². The number of rotatable bonds is 3. The molecule has 0 amide bonds. The summed E-state index contributed by atoms with van der Waals surface area (Å²) in [5, 5.41) is 8.98. The van der Waals surface area contributed by atoms with Crippen LogP contribution in [-0.4, -0.2) is 48.1 Å². The molecule has 114 valence electrons. The number of benzene rings is 1. The number of hydrogen-bond acceptors (Lipinski definition) is 4. The van der Waals surface area contributed by atoms with Gasteiger partial charge in [-0.05, 0) is 18.2 Å². The Morgan fingerprint density at radius 2 is 1.95 bits per heavy atom. The molecule has 2 aliphatic rings. The molecule has 6 heteroatoms. The first-order valence-electron chi connectivity index (χ1n) is 7.10. The monoisotopic (exact) mass is 295 g/mol. The lowest BCUT2D eigenvalue weighted by atomic mass is 10.0. The first-order chi connectivity index (χ1) is 10.1. The van der Waals surface area contributed by atoms with E-state index in [1.165, 1.54) is 18.2 Å². The molecule has 3 rings (SSSR count). The number of halogens is 1. The summed E-state index contributed by atoms with van der Waals surface area (Å²) < 4.78 is 25.1. The van der Waals surface area contributed by atoms with Crippen LogP contribution in [0.25, 0.3) is 0 Å². The van der Waals surface area contributed by atoms with E-state index in [1.54, 1.807) is 0 Å². The third kappa shape index (κ3) is 3.07. The van der Waals surface area contributed by atoms with Gasteiger partial charge in [-0.2, -0.15) is 0 Å². The Morgan fingerprint density at radius 1 is 1.29 bits per heavy atom. The van der Waals surface area contributed by atoms with Gasteiger partial charge >= 0.3 is 5.97 Å². The topological polar surface area (TPSA) is 59.0 Å². The summed E-state index contributed by atoms with van der Waals surface area (Å²) in [6.07, 6.45) is 1.51. The van der Waals surface area contributed by atoms with Crippen molar-refractivity contribution < 1.29 is 23.8 Å². The minimum Gasteiger partial charge on any atom is -0.478 e. The first kappa shape index (κ1) is 14.4. The van der Waals surface area contributed by atoms with Crippen molar-refractivity contribution >= 4 is 5.97 Å². The summed E-state index contributed by atoms with van der Waals surface area (Å²) in [6, 6.07) is 3.91. The van der Waals surface area contributed by atoms with Crippen LogP contribution in [0.2, 0.25) is 0 Å². The lowest BCUT2D eigenvalue weighted by Crippen LogP contribution is -2.44. The molecule has 2 saturated heterocycles. The maximum absolute atomic E-state index is 13.8. The van der Waals surface area contributed by atoms with E-state index < -0.39 is 11.8 Å². The summed E-state index contributed by atoms with van der Waals surface area (Å²) in [4.78, 5) is 13.1. The highest BCUT2D eigenvalue weighted by Gasteiger charge is 2.39. The summed E-state index contributed by atoms with van der Waals surface area (Å²) in [5.41, 5.74) is 0.529. The molecule has 2 heterocycles. The Kier molecular flexibility index (Phi) is 3.93. The number of aromatic carboxylic acids is 1. The van der Waals surface area contributed by atoms with E-state index in [-0.39, 0.29) is 11.4 Å². The second-order valence-electron chi connectivity index (χ2n) is 5.50. The van der Waals surface area contributed by atoms with Crippen LogP contribution in [0, 0.1) is 5.82 Å². The third-order valence-corrected chi connectivity index (χ3v) is 4.12. The van der Waals surface area contributed by atoms with E-state index in [0.717, 1.165) is 25.9 Å². The quantitative estimate of drug-likeness (QED) is 0.922.